The van der Waals surface area contributed by atoms with Crippen molar-refractivity contribution in [2.75, 3.05) is 17.7 Å². The van der Waals surface area contributed by atoms with Crippen molar-refractivity contribution >= 4 is 29.0 Å². The normalized spacial score (nSPS) is 10.3. The average Bonchev–Trinajstić information content (AvgIpc) is 2.65. The Bertz CT molecular complexity index is 922. The molecule has 6 heteroatoms. The van der Waals surface area contributed by atoms with Crippen molar-refractivity contribution in [1.82, 2.24) is 15.3 Å². The highest BCUT2D eigenvalue weighted by atomic mass is 16.1. The summed E-state index contributed by atoms with van der Waals surface area (Å²) in [7, 11) is 1.58. The Hall–Kier alpha value is -3.41. The number of rotatable bonds is 5. The Morgan fingerprint density at radius 1 is 0.962 bits per heavy atom. The molecule has 0 aliphatic heterocycles. The van der Waals surface area contributed by atoms with Crippen LogP contribution >= 0.6 is 0 Å². The SMILES string of the molecule is CNC(=O)c1cnc(Nc2ccc(C)cc2)nc1Nc1ccccc1C. The maximum Gasteiger partial charge on any atom is 0.256 e. The number of aromatic nitrogens is 2. The molecule has 0 radical (unpaired) electrons. The van der Waals surface area contributed by atoms with Gasteiger partial charge < -0.3 is 16.0 Å². The lowest BCUT2D eigenvalue weighted by molar-refractivity contribution is 0.0963. The van der Waals surface area contributed by atoms with Crippen molar-refractivity contribution in [3.05, 3.63) is 71.4 Å². The lowest BCUT2D eigenvalue weighted by Crippen LogP contribution is -2.20. The summed E-state index contributed by atoms with van der Waals surface area (Å²) in [5.41, 5.74) is 4.38. The number of para-hydroxylation sites is 1. The number of hydrogen-bond acceptors (Lipinski definition) is 5. The molecule has 1 heterocycles. The molecule has 3 aromatic rings. The highest BCUT2D eigenvalue weighted by Crippen LogP contribution is 2.23. The number of hydrogen-bond donors (Lipinski definition) is 3. The van der Waals surface area contributed by atoms with E-state index in [-0.39, 0.29) is 5.91 Å². The van der Waals surface area contributed by atoms with E-state index in [1.165, 1.54) is 11.8 Å². The van der Waals surface area contributed by atoms with Gasteiger partial charge in [0.2, 0.25) is 5.95 Å². The number of nitrogens with zero attached hydrogens (tertiary/aromatic N) is 2. The maximum absolute atomic E-state index is 12.2. The highest BCUT2D eigenvalue weighted by molar-refractivity contribution is 5.99. The Kier molecular flexibility index (Phi) is 5.12. The van der Waals surface area contributed by atoms with E-state index in [1.54, 1.807) is 7.05 Å². The standard InChI is InChI=1S/C20H21N5O/c1-13-8-10-15(11-9-13)23-20-22-12-16(19(26)21-3)18(25-20)24-17-7-5-4-6-14(17)2/h4-12H,1-3H3,(H,21,26)(H2,22,23,24,25). The molecule has 0 fully saturated rings. The van der Waals surface area contributed by atoms with Gasteiger partial charge in [-0.3, -0.25) is 4.79 Å². The third kappa shape index (κ3) is 3.97. The molecule has 0 unspecified atom stereocenters. The van der Waals surface area contributed by atoms with Crippen molar-refractivity contribution in [1.29, 1.82) is 0 Å². The van der Waals surface area contributed by atoms with Crippen LogP contribution in [0.5, 0.6) is 0 Å². The number of nitrogens with one attached hydrogen (secondary N) is 3. The van der Waals surface area contributed by atoms with E-state index >= 15 is 0 Å². The summed E-state index contributed by atoms with van der Waals surface area (Å²) in [6.45, 7) is 4.03. The summed E-state index contributed by atoms with van der Waals surface area (Å²) in [4.78, 5) is 20.9. The third-order valence-corrected chi connectivity index (χ3v) is 3.97. The number of anilines is 4. The van der Waals surface area contributed by atoms with Gasteiger partial charge in [0.1, 0.15) is 11.4 Å². The second-order valence-corrected chi connectivity index (χ2v) is 5.97. The molecular formula is C20H21N5O. The average molecular weight is 347 g/mol. The van der Waals surface area contributed by atoms with Crippen LogP contribution in [0.15, 0.2) is 54.7 Å². The van der Waals surface area contributed by atoms with Gasteiger partial charge in [-0.25, -0.2) is 4.98 Å². The Labute approximate surface area is 152 Å². The number of benzene rings is 2. The van der Waals surface area contributed by atoms with Gasteiger partial charge >= 0.3 is 0 Å². The van der Waals surface area contributed by atoms with Crippen LogP contribution < -0.4 is 16.0 Å². The van der Waals surface area contributed by atoms with Crippen LogP contribution in [0, 0.1) is 13.8 Å². The smallest absolute Gasteiger partial charge is 0.256 e. The predicted molar refractivity (Wildman–Crippen MR) is 104 cm³/mol. The molecule has 2 aromatic carbocycles. The molecule has 132 valence electrons. The number of amides is 1. The predicted octanol–water partition coefficient (Wildman–Crippen LogP) is 3.94. The molecule has 3 N–H and O–H groups in total. The van der Waals surface area contributed by atoms with Gasteiger partial charge in [0.25, 0.3) is 5.91 Å². The maximum atomic E-state index is 12.2. The van der Waals surface area contributed by atoms with E-state index < -0.39 is 0 Å². The molecule has 3 rings (SSSR count). The van der Waals surface area contributed by atoms with Crippen LogP contribution in [0.2, 0.25) is 0 Å². The summed E-state index contributed by atoms with van der Waals surface area (Å²) in [6, 6.07) is 15.8. The van der Waals surface area contributed by atoms with Crippen molar-refractivity contribution in [3.63, 3.8) is 0 Å². The minimum Gasteiger partial charge on any atom is -0.355 e. The molecule has 26 heavy (non-hydrogen) atoms. The fourth-order valence-electron chi connectivity index (χ4n) is 2.44. The van der Waals surface area contributed by atoms with Crippen LogP contribution in [0.25, 0.3) is 0 Å². The first kappa shape index (κ1) is 17.4. The summed E-state index contributed by atoms with van der Waals surface area (Å²) in [5, 5.41) is 9.02. The molecule has 6 nitrogen and oxygen atoms in total. The molecule has 0 aliphatic rings. The molecule has 0 aliphatic carbocycles. The summed E-state index contributed by atoms with van der Waals surface area (Å²) >= 11 is 0. The second-order valence-electron chi connectivity index (χ2n) is 5.97. The molecule has 0 bridgehead atoms. The van der Waals surface area contributed by atoms with Crippen molar-refractivity contribution < 1.29 is 4.79 Å². The van der Waals surface area contributed by atoms with E-state index in [0.717, 1.165) is 16.9 Å². The summed E-state index contributed by atoms with van der Waals surface area (Å²) in [6.07, 6.45) is 1.52. The van der Waals surface area contributed by atoms with Crippen LogP contribution in [0.1, 0.15) is 21.5 Å². The van der Waals surface area contributed by atoms with Crippen LogP contribution in [0.3, 0.4) is 0 Å². The minimum atomic E-state index is -0.247. The number of carbonyl (C=O) groups excluding carboxylic acids is 1. The Balaban J connectivity index is 1.94. The van der Waals surface area contributed by atoms with Crippen molar-refractivity contribution in [2.24, 2.45) is 0 Å². The van der Waals surface area contributed by atoms with Crippen LogP contribution in [-0.4, -0.2) is 22.9 Å². The Morgan fingerprint density at radius 2 is 1.69 bits per heavy atom. The van der Waals surface area contributed by atoms with Crippen molar-refractivity contribution in [2.45, 2.75) is 13.8 Å². The van der Waals surface area contributed by atoms with Gasteiger partial charge in [0.15, 0.2) is 0 Å². The van der Waals surface area contributed by atoms with Crippen molar-refractivity contribution in [3.8, 4) is 0 Å². The van der Waals surface area contributed by atoms with Gasteiger partial charge in [-0.05, 0) is 37.6 Å². The van der Waals surface area contributed by atoms with E-state index in [2.05, 4.69) is 25.9 Å². The van der Waals surface area contributed by atoms with Gasteiger partial charge in [0.05, 0.1) is 0 Å². The number of aryl methyl sites for hydroxylation is 2. The van der Waals surface area contributed by atoms with E-state index in [9.17, 15) is 4.79 Å². The second kappa shape index (κ2) is 7.65. The Morgan fingerprint density at radius 3 is 2.38 bits per heavy atom. The largest absolute Gasteiger partial charge is 0.355 e. The fraction of sp³-hybridized carbons (Fsp3) is 0.150. The molecule has 0 saturated heterocycles. The highest BCUT2D eigenvalue weighted by Gasteiger charge is 2.14. The van der Waals surface area contributed by atoms with Crippen LogP contribution in [0.4, 0.5) is 23.1 Å². The molecular weight excluding hydrogens is 326 g/mol. The zero-order valence-corrected chi connectivity index (χ0v) is 15.0. The molecule has 1 amide bonds. The first-order valence-corrected chi connectivity index (χ1v) is 8.32. The van der Waals surface area contributed by atoms with E-state index in [4.69, 9.17) is 0 Å². The quantitative estimate of drug-likeness (QED) is 0.651. The fourth-order valence-corrected chi connectivity index (χ4v) is 2.44. The van der Waals surface area contributed by atoms with Gasteiger partial charge in [-0.1, -0.05) is 35.9 Å². The zero-order valence-electron chi connectivity index (χ0n) is 15.0. The zero-order chi connectivity index (χ0) is 18.5. The van der Waals surface area contributed by atoms with Gasteiger partial charge in [-0.15, -0.1) is 0 Å². The molecule has 0 atom stereocenters. The lowest BCUT2D eigenvalue weighted by Gasteiger charge is -2.13. The monoisotopic (exact) mass is 347 g/mol. The number of carbonyl (C=O) groups is 1. The minimum absolute atomic E-state index is 0.247. The topological polar surface area (TPSA) is 78.9 Å². The first-order chi connectivity index (χ1) is 12.6. The van der Waals surface area contributed by atoms with Crippen LogP contribution in [-0.2, 0) is 0 Å². The lowest BCUT2D eigenvalue weighted by atomic mass is 10.2. The van der Waals surface area contributed by atoms with E-state index in [0.29, 0.717) is 17.3 Å². The summed E-state index contributed by atoms with van der Waals surface area (Å²) in [5.74, 6) is 0.615. The summed E-state index contributed by atoms with van der Waals surface area (Å²) < 4.78 is 0. The third-order valence-electron chi connectivity index (χ3n) is 3.97. The van der Waals surface area contributed by atoms with Gasteiger partial charge in [-0.2, -0.15) is 4.98 Å². The molecule has 0 spiro atoms. The molecule has 1 aromatic heterocycles. The molecule has 0 saturated carbocycles. The first-order valence-electron chi connectivity index (χ1n) is 8.32. The van der Waals surface area contributed by atoms with Gasteiger partial charge in [0, 0.05) is 24.6 Å². The van der Waals surface area contributed by atoms with E-state index in [1.807, 2.05) is 62.4 Å².